The Balaban J connectivity index is 1.37. The average molecular weight is 677 g/mol. The largest absolute Gasteiger partial charge is 0.489 e. The number of fused-ring (bicyclic) bond motifs is 3. The van der Waals surface area contributed by atoms with Crippen molar-refractivity contribution in [2.75, 3.05) is 6.54 Å². The Morgan fingerprint density at radius 2 is 1.25 bits per heavy atom. The molecule has 0 saturated heterocycles. The smallest absolute Gasteiger partial charge is 0.268 e. The topological polar surface area (TPSA) is 85.7 Å². The third-order valence-electron chi connectivity index (χ3n) is 9.06. The molecular weight excluding hydrogens is 641 g/mol. The Labute approximate surface area is 282 Å². The highest BCUT2D eigenvalue weighted by Crippen LogP contribution is 2.43. The second-order valence-electron chi connectivity index (χ2n) is 12.3. The summed E-state index contributed by atoms with van der Waals surface area (Å²) in [6, 6.07) is 38.7. The van der Waals surface area contributed by atoms with Gasteiger partial charge in [-0.2, -0.15) is 4.31 Å². The van der Waals surface area contributed by atoms with Crippen molar-refractivity contribution in [2.24, 2.45) is 0 Å². The molecule has 7 rings (SSSR count). The van der Waals surface area contributed by atoms with E-state index in [9.17, 15) is 16.8 Å². The second kappa shape index (κ2) is 12.7. The Kier molecular flexibility index (Phi) is 8.45. The maximum atomic E-state index is 14.6. The molecule has 0 bridgehead atoms. The number of para-hydroxylation sites is 1. The van der Waals surface area contributed by atoms with Crippen molar-refractivity contribution < 1.29 is 21.6 Å². The summed E-state index contributed by atoms with van der Waals surface area (Å²) in [7, 11) is -7.96. The summed E-state index contributed by atoms with van der Waals surface area (Å²) in [5, 5.41) is 0.710. The zero-order valence-corrected chi connectivity index (χ0v) is 28.4. The van der Waals surface area contributed by atoms with Crippen molar-refractivity contribution in [2.45, 2.75) is 49.1 Å². The molecule has 244 valence electrons. The molecule has 1 aromatic heterocycles. The highest BCUT2D eigenvalue weighted by atomic mass is 32.2. The number of sulfonamides is 1. The highest BCUT2D eigenvalue weighted by Gasteiger charge is 2.37. The maximum absolute atomic E-state index is 14.6. The molecule has 1 atom stereocenters. The van der Waals surface area contributed by atoms with Crippen molar-refractivity contribution in [1.29, 1.82) is 0 Å². The van der Waals surface area contributed by atoms with Crippen LogP contribution in [0, 0.1) is 13.8 Å². The van der Waals surface area contributed by atoms with Crippen LogP contribution in [0.3, 0.4) is 0 Å². The molecule has 1 aliphatic rings. The number of rotatable bonds is 8. The van der Waals surface area contributed by atoms with Gasteiger partial charge >= 0.3 is 0 Å². The van der Waals surface area contributed by atoms with Crippen LogP contribution in [0.2, 0.25) is 0 Å². The lowest BCUT2D eigenvalue weighted by atomic mass is 9.91. The summed E-state index contributed by atoms with van der Waals surface area (Å²) in [6.45, 7) is 4.50. The molecule has 5 aromatic carbocycles. The van der Waals surface area contributed by atoms with Crippen molar-refractivity contribution in [3.05, 3.63) is 161 Å². The van der Waals surface area contributed by atoms with E-state index in [1.54, 1.807) is 54.6 Å². The van der Waals surface area contributed by atoms with E-state index in [4.69, 9.17) is 4.74 Å². The standard InChI is InChI=1S/C39H36N2O5S2/c1-28-12-20-33(21-13-28)47(42,43)40-25-24-35(31-16-18-32(19-17-31)46-27-30-8-4-3-5-9-30)39-37(26-40)36-10-6-7-11-38(36)41(39)48(44,45)34-22-14-29(2)15-23-34/h3-23,35H,24-27H2,1-2H3. The van der Waals surface area contributed by atoms with Crippen molar-refractivity contribution in [1.82, 2.24) is 8.28 Å². The molecule has 0 spiro atoms. The fourth-order valence-electron chi connectivity index (χ4n) is 6.48. The lowest BCUT2D eigenvalue weighted by Crippen LogP contribution is -2.31. The van der Waals surface area contributed by atoms with Crippen LogP contribution in [-0.4, -0.2) is 31.7 Å². The van der Waals surface area contributed by atoms with Crippen molar-refractivity contribution in [3.63, 3.8) is 0 Å². The van der Waals surface area contributed by atoms with Crippen LogP contribution in [0.1, 0.15) is 45.8 Å². The first-order chi connectivity index (χ1) is 23.1. The summed E-state index contributed by atoms with van der Waals surface area (Å²) in [5.74, 6) is 0.266. The van der Waals surface area contributed by atoms with Gasteiger partial charge in [0.1, 0.15) is 12.4 Å². The molecule has 48 heavy (non-hydrogen) atoms. The summed E-state index contributed by atoms with van der Waals surface area (Å²) >= 11 is 0. The molecule has 0 amide bonds. The van der Waals surface area contributed by atoms with Crippen LogP contribution < -0.4 is 4.74 Å². The Bertz CT molecular complexity index is 2300. The molecule has 0 aliphatic carbocycles. The maximum Gasteiger partial charge on any atom is 0.268 e. The summed E-state index contributed by atoms with van der Waals surface area (Å²) in [5.41, 5.74) is 5.63. The van der Waals surface area contributed by atoms with Crippen molar-refractivity contribution in [3.8, 4) is 5.75 Å². The van der Waals surface area contributed by atoms with E-state index in [2.05, 4.69) is 0 Å². The molecule has 7 nitrogen and oxygen atoms in total. The van der Waals surface area contributed by atoms with E-state index in [1.165, 1.54) is 8.28 Å². The van der Waals surface area contributed by atoms with Gasteiger partial charge in [0.05, 0.1) is 15.3 Å². The summed E-state index contributed by atoms with van der Waals surface area (Å²) in [4.78, 5) is 0.387. The Morgan fingerprint density at radius 3 is 1.90 bits per heavy atom. The van der Waals surface area contributed by atoms with Crippen molar-refractivity contribution >= 4 is 30.9 Å². The molecule has 0 radical (unpaired) electrons. The number of nitrogens with zero attached hydrogens (tertiary/aromatic N) is 2. The van der Waals surface area contributed by atoms with Gasteiger partial charge in [-0.1, -0.05) is 96.1 Å². The summed E-state index contributed by atoms with van der Waals surface area (Å²) in [6.07, 6.45) is 0.377. The lowest BCUT2D eigenvalue weighted by molar-refractivity contribution is 0.306. The first kappa shape index (κ1) is 31.9. The number of ether oxygens (including phenoxy) is 1. The Morgan fingerprint density at radius 1 is 0.667 bits per heavy atom. The highest BCUT2D eigenvalue weighted by molar-refractivity contribution is 7.90. The van der Waals surface area contributed by atoms with Crippen LogP contribution in [0.4, 0.5) is 0 Å². The van der Waals surface area contributed by atoms with E-state index in [0.29, 0.717) is 40.9 Å². The number of aromatic nitrogens is 1. The van der Waals surface area contributed by atoms with Gasteiger partial charge in [-0.25, -0.2) is 20.8 Å². The zero-order valence-electron chi connectivity index (χ0n) is 26.8. The fraction of sp³-hybridized carbons (Fsp3) is 0.179. The molecule has 1 aliphatic heterocycles. The molecule has 0 saturated carbocycles. The quantitative estimate of drug-likeness (QED) is 0.164. The van der Waals surface area contributed by atoms with Crippen LogP contribution >= 0.6 is 0 Å². The van der Waals surface area contributed by atoms with E-state index < -0.39 is 26.0 Å². The average Bonchev–Trinajstić information content (AvgIpc) is 3.29. The minimum absolute atomic E-state index is 0.0389. The van der Waals surface area contributed by atoms with Crippen LogP contribution in [-0.2, 0) is 33.2 Å². The van der Waals surface area contributed by atoms with E-state index in [0.717, 1.165) is 22.3 Å². The minimum atomic E-state index is -4.07. The van der Waals surface area contributed by atoms with Crippen LogP contribution in [0.15, 0.2) is 137 Å². The van der Waals surface area contributed by atoms with Gasteiger partial charge in [0, 0.05) is 30.1 Å². The minimum Gasteiger partial charge on any atom is -0.489 e. The SMILES string of the molecule is Cc1ccc(S(=O)(=O)N2CCC(c3ccc(OCc4ccccc4)cc3)c3c(c4ccccc4n3S(=O)(=O)c3ccc(C)cc3)C2)cc1. The van der Waals surface area contributed by atoms with Gasteiger partial charge < -0.3 is 4.74 Å². The van der Waals surface area contributed by atoms with Gasteiger partial charge in [0.2, 0.25) is 10.0 Å². The van der Waals surface area contributed by atoms with Gasteiger partial charge in [0.15, 0.2) is 0 Å². The molecule has 1 unspecified atom stereocenters. The summed E-state index contributed by atoms with van der Waals surface area (Å²) < 4.78 is 66.4. The van der Waals surface area contributed by atoms with E-state index in [-0.39, 0.29) is 22.9 Å². The number of benzene rings is 5. The van der Waals surface area contributed by atoms with Crippen LogP contribution in [0.5, 0.6) is 5.75 Å². The van der Waals surface area contributed by atoms with Crippen LogP contribution in [0.25, 0.3) is 10.9 Å². The lowest BCUT2D eigenvalue weighted by Gasteiger charge is -2.22. The fourth-order valence-corrected chi connectivity index (χ4v) is 9.51. The number of aryl methyl sites for hydroxylation is 2. The van der Waals surface area contributed by atoms with Gasteiger partial charge in [0.25, 0.3) is 10.0 Å². The number of hydrogen-bond donors (Lipinski definition) is 0. The second-order valence-corrected chi connectivity index (χ2v) is 16.0. The monoisotopic (exact) mass is 676 g/mol. The number of hydrogen-bond acceptors (Lipinski definition) is 5. The Hall–Kier alpha value is -4.70. The first-order valence-corrected chi connectivity index (χ1v) is 18.8. The predicted octanol–water partition coefficient (Wildman–Crippen LogP) is 7.80. The molecule has 6 aromatic rings. The first-order valence-electron chi connectivity index (χ1n) is 15.9. The normalized spacial score (nSPS) is 15.6. The molecule has 0 fully saturated rings. The molecular formula is C39H36N2O5S2. The zero-order chi connectivity index (χ0) is 33.5. The van der Waals surface area contributed by atoms with Gasteiger partial charge in [-0.15, -0.1) is 0 Å². The molecule has 0 N–H and O–H groups in total. The van der Waals surface area contributed by atoms with Gasteiger partial charge in [-0.3, -0.25) is 0 Å². The molecule has 2 heterocycles. The third kappa shape index (κ3) is 5.94. The predicted molar refractivity (Wildman–Crippen MR) is 188 cm³/mol. The van der Waals surface area contributed by atoms with E-state index >= 15 is 0 Å². The van der Waals surface area contributed by atoms with E-state index in [1.807, 2.05) is 86.6 Å². The van der Waals surface area contributed by atoms with Gasteiger partial charge in [-0.05, 0) is 79.4 Å². The third-order valence-corrected chi connectivity index (χ3v) is 12.7. The molecule has 9 heteroatoms.